The molecule has 0 unspecified atom stereocenters. The molecule has 96 valence electrons. The van der Waals surface area contributed by atoms with Crippen molar-refractivity contribution in [3.63, 3.8) is 0 Å². The van der Waals surface area contributed by atoms with Crippen molar-refractivity contribution >= 4 is 28.7 Å². The zero-order valence-corrected chi connectivity index (χ0v) is 11.3. The van der Waals surface area contributed by atoms with Gasteiger partial charge in [0.2, 0.25) is 0 Å². The molecule has 0 saturated heterocycles. The average Bonchev–Trinajstić information content (AvgIpc) is 3.00. The minimum atomic E-state index is 0.530. The number of nitrogens with zero attached hydrogens (tertiary/aromatic N) is 2. The van der Waals surface area contributed by atoms with Gasteiger partial charge in [-0.25, -0.2) is 9.97 Å². The van der Waals surface area contributed by atoms with Crippen LogP contribution in [0.5, 0.6) is 0 Å². The minimum absolute atomic E-state index is 0.530. The van der Waals surface area contributed by atoms with E-state index in [4.69, 9.17) is 0 Å². The molecule has 1 aromatic carbocycles. The van der Waals surface area contributed by atoms with Crippen LogP contribution in [0.4, 0.5) is 0 Å². The molecule has 0 aliphatic rings. The molecule has 0 fully saturated rings. The third-order valence-electron chi connectivity index (χ3n) is 2.92. The summed E-state index contributed by atoms with van der Waals surface area (Å²) in [6.07, 6.45) is 2.17. The molecule has 0 atom stereocenters. The van der Waals surface area contributed by atoms with E-state index in [0.29, 0.717) is 12.8 Å². The maximum Gasteiger partial charge on any atom is 0.123 e. The van der Waals surface area contributed by atoms with E-state index in [-0.39, 0.29) is 0 Å². The highest BCUT2D eigenvalue weighted by Crippen LogP contribution is 2.26. The van der Waals surface area contributed by atoms with Gasteiger partial charge in [0.15, 0.2) is 0 Å². The maximum absolute atomic E-state index is 10.4. The van der Waals surface area contributed by atoms with Gasteiger partial charge in [-0.15, -0.1) is 11.3 Å². The molecule has 2 aromatic heterocycles. The summed E-state index contributed by atoms with van der Waals surface area (Å²) < 4.78 is 0. The first-order valence-corrected chi connectivity index (χ1v) is 6.99. The number of thiazole rings is 1. The number of aryl methyl sites for hydroxylation is 2. The van der Waals surface area contributed by atoms with Crippen LogP contribution in [0.2, 0.25) is 0 Å². The SMILES string of the molecule is Cc1nc2ccc(-c3nc(CCC=O)cs3)cc2[nH]1. The number of H-pyrrole nitrogens is 1. The third kappa shape index (κ3) is 2.42. The van der Waals surface area contributed by atoms with Crippen LogP contribution in [0, 0.1) is 6.92 Å². The van der Waals surface area contributed by atoms with Crippen LogP contribution in [-0.4, -0.2) is 21.2 Å². The van der Waals surface area contributed by atoms with Gasteiger partial charge in [0, 0.05) is 17.4 Å². The van der Waals surface area contributed by atoms with Crippen LogP contribution in [-0.2, 0) is 11.2 Å². The molecule has 3 aromatic rings. The fourth-order valence-corrected chi connectivity index (χ4v) is 2.88. The van der Waals surface area contributed by atoms with Crippen molar-refractivity contribution < 1.29 is 4.79 Å². The van der Waals surface area contributed by atoms with Gasteiger partial charge in [-0.2, -0.15) is 0 Å². The second-order valence-corrected chi connectivity index (χ2v) is 5.26. The number of carbonyl (C=O) groups is 1. The molecule has 0 bridgehead atoms. The van der Waals surface area contributed by atoms with Crippen LogP contribution >= 0.6 is 11.3 Å². The maximum atomic E-state index is 10.4. The Morgan fingerprint density at radius 1 is 1.37 bits per heavy atom. The van der Waals surface area contributed by atoms with E-state index >= 15 is 0 Å². The van der Waals surface area contributed by atoms with E-state index < -0.39 is 0 Å². The largest absolute Gasteiger partial charge is 0.342 e. The zero-order chi connectivity index (χ0) is 13.2. The summed E-state index contributed by atoms with van der Waals surface area (Å²) in [5, 5.41) is 3.00. The average molecular weight is 271 g/mol. The van der Waals surface area contributed by atoms with Crippen LogP contribution in [0.1, 0.15) is 17.9 Å². The van der Waals surface area contributed by atoms with Crippen molar-refractivity contribution in [2.45, 2.75) is 19.8 Å². The normalized spacial score (nSPS) is 11.0. The number of fused-ring (bicyclic) bond motifs is 1. The first-order valence-electron chi connectivity index (χ1n) is 6.11. The molecular formula is C14H13N3OS. The molecule has 0 aliphatic carbocycles. The van der Waals surface area contributed by atoms with Crippen molar-refractivity contribution in [1.29, 1.82) is 0 Å². The number of nitrogens with one attached hydrogen (secondary N) is 1. The van der Waals surface area contributed by atoms with Gasteiger partial charge in [0.25, 0.3) is 0 Å². The summed E-state index contributed by atoms with van der Waals surface area (Å²) in [5.74, 6) is 0.915. The van der Waals surface area contributed by atoms with Crippen molar-refractivity contribution in [2.24, 2.45) is 0 Å². The Kier molecular flexibility index (Phi) is 3.13. The van der Waals surface area contributed by atoms with Crippen molar-refractivity contribution in [3.8, 4) is 10.6 Å². The quantitative estimate of drug-likeness (QED) is 0.742. The van der Waals surface area contributed by atoms with E-state index in [1.165, 1.54) is 0 Å². The number of imidazole rings is 1. The molecular weight excluding hydrogens is 258 g/mol. The number of aldehydes is 1. The molecule has 4 nitrogen and oxygen atoms in total. The predicted octanol–water partition coefficient (Wildman–Crippen LogP) is 3.13. The highest BCUT2D eigenvalue weighted by Gasteiger charge is 2.07. The number of hydrogen-bond acceptors (Lipinski definition) is 4. The van der Waals surface area contributed by atoms with Gasteiger partial charge in [-0.1, -0.05) is 0 Å². The number of hydrogen-bond donors (Lipinski definition) is 1. The van der Waals surface area contributed by atoms with E-state index in [1.807, 2.05) is 24.4 Å². The summed E-state index contributed by atoms with van der Waals surface area (Å²) >= 11 is 1.61. The van der Waals surface area contributed by atoms with E-state index in [9.17, 15) is 4.79 Å². The number of rotatable bonds is 4. The van der Waals surface area contributed by atoms with Gasteiger partial charge in [-0.3, -0.25) is 0 Å². The lowest BCUT2D eigenvalue weighted by Crippen LogP contribution is -1.86. The van der Waals surface area contributed by atoms with Gasteiger partial charge < -0.3 is 9.78 Å². The van der Waals surface area contributed by atoms with Crippen LogP contribution in [0.3, 0.4) is 0 Å². The van der Waals surface area contributed by atoms with E-state index in [1.54, 1.807) is 11.3 Å². The van der Waals surface area contributed by atoms with Crippen molar-refractivity contribution in [2.75, 3.05) is 0 Å². The van der Waals surface area contributed by atoms with Gasteiger partial charge >= 0.3 is 0 Å². The second-order valence-electron chi connectivity index (χ2n) is 4.40. The number of aromatic nitrogens is 3. The zero-order valence-electron chi connectivity index (χ0n) is 10.5. The van der Waals surface area contributed by atoms with Crippen molar-refractivity contribution in [1.82, 2.24) is 15.0 Å². The monoisotopic (exact) mass is 271 g/mol. The Balaban J connectivity index is 1.94. The smallest absolute Gasteiger partial charge is 0.123 e. The Hall–Kier alpha value is -2.01. The Morgan fingerprint density at radius 3 is 3.11 bits per heavy atom. The van der Waals surface area contributed by atoms with E-state index in [0.717, 1.165) is 39.4 Å². The first-order chi connectivity index (χ1) is 9.26. The second kappa shape index (κ2) is 4.93. The summed E-state index contributed by atoms with van der Waals surface area (Å²) in [5.41, 5.74) is 4.06. The first kappa shape index (κ1) is 12.0. The topological polar surface area (TPSA) is 58.6 Å². The highest BCUT2D eigenvalue weighted by atomic mass is 32.1. The van der Waals surface area contributed by atoms with Gasteiger partial charge in [-0.05, 0) is 31.5 Å². The molecule has 19 heavy (non-hydrogen) atoms. The molecule has 0 saturated carbocycles. The van der Waals surface area contributed by atoms with Crippen molar-refractivity contribution in [3.05, 3.63) is 35.1 Å². The summed E-state index contributed by atoms with van der Waals surface area (Å²) in [6, 6.07) is 6.10. The number of carbonyl (C=O) groups excluding carboxylic acids is 1. The molecule has 0 aliphatic heterocycles. The fourth-order valence-electron chi connectivity index (χ4n) is 2.03. The van der Waals surface area contributed by atoms with Gasteiger partial charge in [0.05, 0.1) is 16.7 Å². The third-order valence-corrected chi connectivity index (χ3v) is 3.86. The van der Waals surface area contributed by atoms with Crippen LogP contribution in [0.25, 0.3) is 21.6 Å². The Labute approximate surface area is 114 Å². The highest BCUT2D eigenvalue weighted by molar-refractivity contribution is 7.13. The lowest BCUT2D eigenvalue weighted by Gasteiger charge is -1.96. The minimum Gasteiger partial charge on any atom is -0.342 e. The van der Waals surface area contributed by atoms with Gasteiger partial charge in [0.1, 0.15) is 17.1 Å². The summed E-state index contributed by atoms with van der Waals surface area (Å²) in [6.45, 7) is 1.95. The Morgan fingerprint density at radius 2 is 2.26 bits per heavy atom. The van der Waals surface area contributed by atoms with Crippen LogP contribution in [0.15, 0.2) is 23.6 Å². The molecule has 2 heterocycles. The fraction of sp³-hybridized carbons (Fsp3) is 0.214. The molecule has 0 radical (unpaired) electrons. The molecule has 3 rings (SSSR count). The predicted molar refractivity (Wildman–Crippen MR) is 76.3 cm³/mol. The summed E-state index contributed by atoms with van der Waals surface area (Å²) in [7, 11) is 0. The molecule has 0 spiro atoms. The number of aromatic amines is 1. The van der Waals surface area contributed by atoms with Crippen LogP contribution < -0.4 is 0 Å². The lowest BCUT2D eigenvalue weighted by molar-refractivity contribution is -0.107. The lowest BCUT2D eigenvalue weighted by atomic mass is 10.2. The molecule has 1 N–H and O–H groups in total. The van der Waals surface area contributed by atoms with E-state index in [2.05, 4.69) is 21.0 Å². The standard InChI is InChI=1S/C14H13N3OS/c1-9-15-12-5-4-10(7-13(12)16-9)14-17-11(8-19-14)3-2-6-18/h4-8H,2-3H2,1H3,(H,15,16). The molecule has 0 amide bonds. The number of benzene rings is 1. The Bertz CT molecular complexity index is 729. The summed E-state index contributed by atoms with van der Waals surface area (Å²) in [4.78, 5) is 22.5. The molecule has 5 heteroatoms.